The average Bonchev–Trinajstić information content (AvgIpc) is 2.34. The van der Waals surface area contributed by atoms with E-state index in [-0.39, 0.29) is 17.2 Å². The highest BCUT2D eigenvalue weighted by Crippen LogP contribution is 2.16. The van der Waals surface area contributed by atoms with Crippen LogP contribution in [0.15, 0.2) is 18.2 Å². The molecule has 3 nitrogen and oxygen atoms in total. The lowest BCUT2D eigenvalue weighted by molar-refractivity contribution is -0.0716. The lowest BCUT2D eigenvalue weighted by Gasteiger charge is -2.28. The summed E-state index contributed by atoms with van der Waals surface area (Å²) in [5.41, 5.74) is 0.859. The Labute approximate surface area is 111 Å². The van der Waals surface area contributed by atoms with Crippen LogP contribution in [0.25, 0.3) is 0 Å². The van der Waals surface area contributed by atoms with E-state index in [9.17, 15) is 4.39 Å². The van der Waals surface area contributed by atoms with Crippen LogP contribution < -0.4 is 5.32 Å². The molecular formula is C13H17ClFNO2. The number of halogens is 2. The second-order valence-electron chi connectivity index (χ2n) is 4.49. The van der Waals surface area contributed by atoms with Crippen molar-refractivity contribution in [2.24, 2.45) is 0 Å². The number of nitrogens with one attached hydrogen (secondary N) is 1. The molecule has 1 fully saturated rings. The van der Waals surface area contributed by atoms with Crippen LogP contribution in [0, 0.1) is 5.82 Å². The van der Waals surface area contributed by atoms with Gasteiger partial charge in [0.15, 0.2) is 0 Å². The molecule has 1 N–H and O–H groups in total. The summed E-state index contributed by atoms with van der Waals surface area (Å²) in [5, 5.41) is 3.40. The lowest BCUT2D eigenvalue weighted by atomic mass is 10.2. The third-order valence-electron chi connectivity index (χ3n) is 2.79. The van der Waals surface area contributed by atoms with Crippen LogP contribution in [0.2, 0.25) is 5.02 Å². The number of ether oxygens (including phenoxy) is 2. The molecule has 0 radical (unpaired) electrons. The summed E-state index contributed by atoms with van der Waals surface area (Å²) in [6.07, 6.45) is 0.289. The van der Waals surface area contributed by atoms with Crippen LogP contribution in [-0.4, -0.2) is 31.9 Å². The zero-order chi connectivity index (χ0) is 13.0. The molecule has 18 heavy (non-hydrogen) atoms. The van der Waals surface area contributed by atoms with Crippen molar-refractivity contribution >= 4 is 11.6 Å². The third-order valence-corrected chi connectivity index (χ3v) is 3.07. The van der Waals surface area contributed by atoms with Gasteiger partial charge in [-0.25, -0.2) is 4.39 Å². The fourth-order valence-corrected chi connectivity index (χ4v) is 2.11. The van der Waals surface area contributed by atoms with E-state index in [1.807, 2.05) is 6.92 Å². The molecule has 5 heteroatoms. The van der Waals surface area contributed by atoms with Gasteiger partial charge in [0.25, 0.3) is 0 Å². The van der Waals surface area contributed by atoms with Gasteiger partial charge in [0.05, 0.1) is 30.4 Å². The number of benzene rings is 1. The van der Waals surface area contributed by atoms with Crippen molar-refractivity contribution < 1.29 is 13.9 Å². The first kappa shape index (κ1) is 13.7. The summed E-state index contributed by atoms with van der Waals surface area (Å²) in [4.78, 5) is 0. The second kappa shape index (κ2) is 6.48. The molecule has 0 saturated carbocycles. The van der Waals surface area contributed by atoms with Crippen molar-refractivity contribution in [1.82, 2.24) is 5.32 Å². The van der Waals surface area contributed by atoms with Gasteiger partial charge >= 0.3 is 0 Å². The Morgan fingerprint density at radius 1 is 1.50 bits per heavy atom. The maximum absolute atomic E-state index is 13.0. The largest absolute Gasteiger partial charge is 0.374 e. The molecule has 0 aliphatic carbocycles. The first-order chi connectivity index (χ1) is 8.65. The van der Waals surface area contributed by atoms with E-state index in [0.29, 0.717) is 13.2 Å². The Balaban J connectivity index is 1.76. The molecule has 1 heterocycles. The minimum absolute atomic E-state index is 0.0738. The molecule has 2 atom stereocenters. The molecule has 1 aliphatic rings. The smallest absolute Gasteiger partial charge is 0.141 e. The molecular weight excluding hydrogens is 257 g/mol. The summed E-state index contributed by atoms with van der Waals surface area (Å²) in [7, 11) is 0. The standard InChI is InChI=1S/C13H17ClFNO2/c1-9-5-16-6-11(18-9)8-17-7-10-2-3-13(15)12(14)4-10/h2-4,9,11,16H,5-8H2,1H3. The van der Waals surface area contributed by atoms with Gasteiger partial charge in [0.1, 0.15) is 5.82 Å². The lowest BCUT2D eigenvalue weighted by Crippen LogP contribution is -2.45. The van der Waals surface area contributed by atoms with Crippen molar-refractivity contribution in [2.45, 2.75) is 25.7 Å². The SMILES string of the molecule is CC1CNCC(COCc2ccc(F)c(Cl)c2)O1. The van der Waals surface area contributed by atoms with E-state index in [2.05, 4.69) is 5.32 Å². The van der Waals surface area contributed by atoms with Gasteiger partial charge in [-0.3, -0.25) is 0 Å². The Bertz CT molecular complexity index is 403. The van der Waals surface area contributed by atoms with Gasteiger partial charge in [0.2, 0.25) is 0 Å². The molecule has 0 spiro atoms. The van der Waals surface area contributed by atoms with Crippen LogP contribution in [0.1, 0.15) is 12.5 Å². The van der Waals surface area contributed by atoms with Gasteiger partial charge in [-0.05, 0) is 24.6 Å². The molecule has 1 aliphatic heterocycles. The Morgan fingerprint density at radius 3 is 3.06 bits per heavy atom. The number of rotatable bonds is 4. The van der Waals surface area contributed by atoms with Gasteiger partial charge in [0, 0.05) is 13.1 Å². The quantitative estimate of drug-likeness (QED) is 0.914. The molecule has 1 aromatic rings. The van der Waals surface area contributed by atoms with Crippen molar-refractivity contribution in [3.05, 3.63) is 34.6 Å². The van der Waals surface area contributed by atoms with Gasteiger partial charge in [-0.15, -0.1) is 0 Å². The van der Waals surface area contributed by atoms with Gasteiger partial charge in [-0.1, -0.05) is 17.7 Å². The maximum atomic E-state index is 13.0. The highest BCUT2D eigenvalue weighted by atomic mass is 35.5. The third kappa shape index (κ3) is 3.92. The monoisotopic (exact) mass is 273 g/mol. The minimum Gasteiger partial charge on any atom is -0.374 e. The van der Waals surface area contributed by atoms with E-state index in [0.717, 1.165) is 18.7 Å². The highest BCUT2D eigenvalue weighted by Gasteiger charge is 2.18. The fraction of sp³-hybridized carbons (Fsp3) is 0.538. The van der Waals surface area contributed by atoms with Crippen LogP contribution >= 0.6 is 11.6 Å². The van der Waals surface area contributed by atoms with Gasteiger partial charge in [-0.2, -0.15) is 0 Å². The zero-order valence-corrected chi connectivity index (χ0v) is 11.0. The second-order valence-corrected chi connectivity index (χ2v) is 4.90. The number of morpholine rings is 1. The van der Waals surface area contributed by atoms with E-state index in [1.54, 1.807) is 12.1 Å². The van der Waals surface area contributed by atoms with Crippen molar-refractivity contribution in [2.75, 3.05) is 19.7 Å². The summed E-state index contributed by atoms with van der Waals surface area (Å²) in [5.74, 6) is -0.408. The summed E-state index contributed by atoms with van der Waals surface area (Å²) >= 11 is 5.70. The summed E-state index contributed by atoms with van der Waals surface area (Å²) < 4.78 is 24.2. The fourth-order valence-electron chi connectivity index (χ4n) is 1.91. The van der Waals surface area contributed by atoms with Crippen molar-refractivity contribution in [3.63, 3.8) is 0 Å². The highest BCUT2D eigenvalue weighted by molar-refractivity contribution is 6.30. The number of hydrogen-bond donors (Lipinski definition) is 1. The average molecular weight is 274 g/mol. The Hall–Kier alpha value is -0.680. The van der Waals surface area contributed by atoms with E-state index >= 15 is 0 Å². The van der Waals surface area contributed by atoms with E-state index < -0.39 is 5.82 Å². The summed E-state index contributed by atoms with van der Waals surface area (Å²) in [6, 6.07) is 4.60. The zero-order valence-electron chi connectivity index (χ0n) is 10.3. The normalized spacial score (nSPS) is 24.2. The van der Waals surface area contributed by atoms with Crippen LogP contribution in [0.3, 0.4) is 0 Å². The molecule has 0 bridgehead atoms. The van der Waals surface area contributed by atoms with Gasteiger partial charge < -0.3 is 14.8 Å². The topological polar surface area (TPSA) is 30.5 Å². The molecule has 2 rings (SSSR count). The number of hydrogen-bond acceptors (Lipinski definition) is 3. The van der Waals surface area contributed by atoms with Crippen LogP contribution in [-0.2, 0) is 16.1 Å². The van der Waals surface area contributed by atoms with Crippen molar-refractivity contribution in [3.8, 4) is 0 Å². The molecule has 100 valence electrons. The molecule has 0 amide bonds. The van der Waals surface area contributed by atoms with E-state index in [4.69, 9.17) is 21.1 Å². The van der Waals surface area contributed by atoms with Crippen molar-refractivity contribution in [1.29, 1.82) is 0 Å². The van der Waals surface area contributed by atoms with E-state index in [1.165, 1.54) is 6.07 Å². The summed E-state index contributed by atoms with van der Waals surface area (Å²) in [6.45, 7) is 4.64. The Kier molecular flexibility index (Phi) is 4.95. The molecule has 0 aromatic heterocycles. The first-order valence-electron chi connectivity index (χ1n) is 6.03. The van der Waals surface area contributed by atoms with Crippen LogP contribution in [0.5, 0.6) is 0 Å². The minimum atomic E-state index is -0.408. The predicted molar refractivity (Wildman–Crippen MR) is 68.3 cm³/mol. The Morgan fingerprint density at radius 2 is 2.33 bits per heavy atom. The molecule has 1 aromatic carbocycles. The predicted octanol–water partition coefficient (Wildman–Crippen LogP) is 2.37. The maximum Gasteiger partial charge on any atom is 0.141 e. The van der Waals surface area contributed by atoms with Crippen LogP contribution in [0.4, 0.5) is 4.39 Å². The molecule has 2 unspecified atom stereocenters. The molecule has 1 saturated heterocycles. The first-order valence-corrected chi connectivity index (χ1v) is 6.41.